The van der Waals surface area contributed by atoms with Crippen molar-refractivity contribution in [2.45, 2.75) is 46.2 Å². The molecule has 0 fully saturated rings. The number of alkyl halides is 3. The number of carbonyl (C=O) groups is 2. The minimum Gasteiger partial charge on any atom is -0.463 e. The molecule has 1 aliphatic heterocycles. The van der Waals surface area contributed by atoms with Crippen molar-refractivity contribution in [2.75, 3.05) is 13.2 Å². The van der Waals surface area contributed by atoms with E-state index < -0.39 is 29.6 Å². The maximum atomic E-state index is 13.8. The average Bonchev–Trinajstić information content (AvgIpc) is 2.66. The predicted molar refractivity (Wildman–Crippen MR) is 101 cm³/mol. The first-order valence-electron chi connectivity index (χ1n) is 9.38. The van der Waals surface area contributed by atoms with Gasteiger partial charge in [0, 0.05) is 11.4 Å². The Bertz CT molecular complexity index is 856. The molecule has 158 valence electrons. The van der Waals surface area contributed by atoms with Crippen LogP contribution in [-0.4, -0.2) is 25.2 Å². The molecule has 8 heteroatoms. The molecule has 0 saturated carbocycles. The van der Waals surface area contributed by atoms with Crippen LogP contribution in [0.2, 0.25) is 0 Å². The molecule has 1 aromatic carbocycles. The molecule has 0 spiro atoms. The van der Waals surface area contributed by atoms with E-state index in [1.165, 1.54) is 18.2 Å². The highest BCUT2D eigenvalue weighted by atomic mass is 19.4. The van der Waals surface area contributed by atoms with Crippen molar-refractivity contribution in [3.63, 3.8) is 0 Å². The van der Waals surface area contributed by atoms with Crippen LogP contribution in [0, 0.1) is 0 Å². The highest BCUT2D eigenvalue weighted by Gasteiger charge is 2.43. The van der Waals surface area contributed by atoms with Crippen molar-refractivity contribution in [3.8, 4) is 0 Å². The second-order valence-electron chi connectivity index (χ2n) is 6.37. The molecule has 0 amide bonds. The average molecular weight is 411 g/mol. The van der Waals surface area contributed by atoms with E-state index in [0.717, 1.165) is 6.07 Å². The van der Waals surface area contributed by atoms with E-state index in [1.54, 1.807) is 27.7 Å². The van der Waals surface area contributed by atoms with Gasteiger partial charge >= 0.3 is 18.1 Å². The molecule has 0 aromatic heterocycles. The fourth-order valence-electron chi connectivity index (χ4n) is 3.42. The van der Waals surface area contributed by atoms with Gasteiger partial charge in [-0.1, -0.05) is 25.1 Å². The fourth-order valence-corrected chi connectivity index (χ4v) is 3.42. The number of dihydropyridines is 1. The standard InChI is InChI=1S/C21H24F3NO4/c1-5-15-18(20(27)29-7-3)17(16(12(4)25-15)19(26)28-6-2)13-10-8-9-11-14(13)21(22,23)24/h8-11,17,25H,5-7H2,1-4H3. The van der Waals surface area contributed by atoms with Gasteiger partial charge in [0.15, 0.2) is 0 Å². The lowest BCUT2D eigenvalue weighted by atomic mass is 9.78. The Kier molecular flexibility index (Phi) is 7.11. The summed E-state index contributed by atoms with van der Waals surface area (Å²) in [5.74, 6) is -2.81. The number of hydrogen-bond donors (Lipinski definition) is 1. The molecule has 1 unspecified atom stereocenters. The lowest BCUT2D eigenvalue weighted by Gasteiger charge is -2.32. The summed E-state index contributed by atoms with van der Waals surface area (Å²) in [6, 6.07) is 4.92. The maximum Gasteiger partial charge on any atom is 0.416 e. The zero-order chi connectivity index (χ0) is 21.8. The predicted octanol–water partition coefficient (Wildman–Crippen LogP) is 4.46. The van der Waals surface area contributed by atoms with Crippen molar-refractivity contribution in [1.29, 1.82) is 0 Å². The van der Waals surface area contributed by atoms with Crippen LogP contribution in [-0.2, 0) is 25.2 Å². The number of allylic oxidation sites excluding steroid dienone is 2. The van der Waals surface area contributed by atoms with E-state index in [9.17, 15) is 22.8 Å². The second-order valence-corrected chi connectivity index (χ2v) is 6.37. The van der Waals surface area contributed by atoms with Crippen LogP contribution in [0.3, 0.4) is 0 Å². The number of carbonyl (C=O) groups excluding carboxylic acids is 2. The summed E-state index contributed by atoms with van der Waals surface area (Å²) in [7, 11) is 0. The summed E-state index contributed by atoms with van der Waals surface area (Å²) in [5, 5.41) is 2.98. The Morgan fingerprint density at radius 2 is 1.55 bits per heavy atom. The lowest BCUT2D eigenvalue weighted by Crippen LogP contribution is -2.34. The topological polar surface area (TPSA) is 64.6 Å². The van der Waals surface area contributed by atoms with E-state index in [0.29, 0.717) is 17.8 Å². The van der Waals surface area contributed by atoms with Crippen molar-refractivity contribution in [3.05, 3.63) is 57.9 Å². The number of halogens is 3. The second kappa shape index (κ2) is 9.15. The molecular weight excluding hydrogens is 387 g/mol. The van der Waals surface area contributed by atoms with Gasteiger partial charge in [-0.25, -0.2) is 9.59 Å². The zero-order valence-corrected chi connectivity index (χ0v) is 16.8. The van der Waals surface area contributed by atoms with Crippen LogP contribution in [0.15, 0.2) is 46.8 Å². The molecule has 1 N–H and O–H groups in total. The van der Waals surface area contributed by atoms with Gasteiger partial charge in [0.1, 0.15) is 0 Å². The number of esters is 2. The number of hydrogen-bond acceptors (Lipinski definition) is 5. The largest absolute Gasteiger partial charge is 0.463 e. The summed E-state index contributed by atoms with van der Waals surface area (Å²) in [4.78, 5) is 25.5. The minimum atomic E-state index is -4.67. The Morgan fingerprint density at radius 3 is 2.07 bits per heavy atom. The number of ether oxygens (including phenoxy) is 2. The molecular formula is C21H24F3NO4. The van der Waals surface area contributed by atoms with Crippen LogP contribution in [0.5, 0.6) is 0 Å². The molecule has 0 bridgehead atoms. The quantitative estimate of drug-likeness (QED) is 0.701. The van der Waals surface area contributed by atoms with Gasteiger partial charge < -0.3 is 14.8 Å². The smallest absolute Gasteiger partial charge is 0.416 e. The van der Waals surface area contributed by atoms with Crippen molar-refractivity contribution in [1.82, 2.24) is 5.32 Å². The maximum absolute atomic E-state index is 13.8. The van der Waals surface area contributed by atoms with Gasteiger partial charge in [-0.05, 0) is 38.8 Å². The first kappa shape index (κ1) is 22.5. The van der Waals surface area contributed by atoms with Crippen molar-refractivity contribution in [2.24, 2.45) is 0 Å². The third-order valence-corrected chi connectivity index (χ3v) is 4.57. The first-order chi connectivity index (χ1) is 13.7. The molecule has 2 rings (SSSR count). The van der Waals surface area contributed by atoms with Crippen molar-refractivity contribution < 1.29 is 32.2 Å². The van der Waals surface area contributed by atoms with Crippen LogP contribution in [0.4, 0.5) is 13.2 Å². The van der Waals surface area contributed by atoms with Gasteiger partial charge in [-0.15, -0.1) is 0 Å². The van der Waals surface area contributed by atoms with E-state index >= 15 is 0 Å². The van der Waals surface area contributed by atoms with E-state index in [4.69, 9.17) is 9.47 Å². The SMILES string of the molecule is CCOC(=O)C1=C(C)NC(CC)=C(C(=O)OCC)C1c1ccccc1C(F)(F)F. The summed E-state index contributed by atoms with van der Waals surface area (Å²) in [6.07, 6.45) is -4.33. The van der Waals surface area contributed by atoms with Gasteiger partial charge in [-0.2, -0.15) is 13.2 Å². The zero-order valence-electron chi connectivity index (χ0n) is 16.8. The monoisotopic (exact) mass is 411 g/mol. The number of rotatable bonds is 6. The van der Waals surface area contributed by atoms with Crippen LogP contribution in [0.25, 0.3) is 0 Å². The van der Waals surface area contributed by atoms with E-state index in [2.05, 4.69) is 5.32 Å². The lowest BCUT2D eigenvalue weighted by molar-refractivity contribution is -0.142. The highest BCUT2D eigenvalue weighted by Crippen LogP contribution is 2.44. The minimum absolute atomic E-state index is 0.0142. The molecule has 0 saturated heterocycles. The molecule has 0 aliphatic carbocycles. The Labute approximate surface area is 167 Å². The van der Waals surface area contributed by atoms with Gasteiger partial charge in [0.2, 0.25) is 0 Å². The third-order valence-electron chi connectivity index (χ3n) is 4.57. The van der Waals surface area contributed by atoms with Gasteiger partial charge in [0.05, 0.1) is 35.8 Å². The summed E-state index contributed by atoms with van der Waals surface area (Å²) in [6.45, 7) is 6.63. The van der Waals surface area contributed by atoms with Gasteiger partial charge in [-0.3, -0.25) is 0 Å². The Hall–Kier alpha value is -2.77. The van der Waals surface area contributed by atoms with E-state index in [-0.39, 0.29) is 29.9 Å². The molecule has 0 radical (unpaired) electrons. The van der Waals surface area contributed by atoms with Crippen LogP contribution < -0.4 is 5.32 Å². The van der Waals surface area contributed by atoms with Gasteiger partial charge in [0.25, 0.3) is 0 Å². The van der Waals surface area contributed by atoms with Crippen molar-refractivity contribution >= 4 is 11.9 Å². The third kappa shape index (κ3) is 4.63. The highest BCUT2D eigenvalue weighted by molar-refractivity contribution is 6.00. The van der Waals surface area contributed by atoms with Crippen LogP contribution in [0.1, 0.15) is 51.2 Å². The molecule has 1 heterocycles. The first-order valence-corrected chi connectivity index (χ1v) is 9.38. The summed E-state index contributed by atoms with van der Waals surface area (Å²) >= 11 is 0. The molecule has 29 heavy (non-hydrogen) atoms. The number of benzene rings is 1. The molecule has 1 aliphatic rings. The molecule has 5 nitrogen and oxygen atoms in total. The van der Waals surface area contributed by atoms with Crippen LogP contribution >= 0.6 is 0 Å². The molecule has 1 aromatic rings. The normalized spacial score (nSPS) is 17.1. The fraction of sp³-hybridized carbons (Fsp3) is 0.429. The Balaban J connectivity index is 2.83. The number of nitrogens with one attached hydrogen (secondary N) is 1. The molecule has 1 atom stereocenters. The summed E-state index contributed by atoms with van der Waals surface area (Å²) in [5.41, 5.74) is -0.411. The Morgan fingerprint density at radius 1 is 1.00 bits per heavy atom. The summed E-state index contributed by atoms with van der Waals surface area (Å²) < 4.78 is 51.5. The van der Waals surface area contributed by atoms with E-state index in [1.807, 2.05) is 0 Å².